The second kappa shape index (κ2) is 10.7. The highest BCUT2D eigenvalue weighted by atomic mass is 16.5. The lowest BCUT2D eigenvalue weighted by Crippen LogP contribution is -2.02. The molecule has 0 fully saturated rings. The summed E-state index contributed by atoms with van der Waals surface area (Å²) < 4.78 is 11.2. The Morgan fingerprint density at radius 3 is 2.29 bits per heavy atom. The molecule has 0 aliphatic rings. The van der Waals surface area contributed by atoms with Crippen LogP contribution in [0.4, 0.5) is 0 Å². The Balaban J connectivity index is 1.59. The fraction of sp³-hybridized carbons (Fsp3) is 0.143. The van der Waals surface area contributed by atoms with Crippen LogP contribution in [0.25, 0.3) is 39.4 Å². The molecule has 0 radical (unpaired) electrons. The van der Waals surface area contributed by atoms with Crippen LogP contribution in [0.5, 0.6) is 0 Å². The van der Waals surface area contributed by atoms with Gasteiger partial charge in [0.1, 0.15) is 11.4 Å². The third-order valence-corrected chi connectivity index (χ3v) is 5.45. The topological polar surface area (TPSA) is 104 Å². The van der Waals surface area contributed by atoms with Crippen LogP contribution in [0.15, 0.2) is 101 Å². The van der Waals surface area contributed by atoms with E-state index >= 15 is 0 Å². The van der Waals surface area contributed by atoms with E-state index < -0.39 is 0 Å². The van der Waals surface area contributed by atoms with E-state index in [0.29, 0.717) is 36.7 Å². The first-order valence-corrected chi connectivity index (χ1v) is 11.2. The van der Waals surface area contributed by atoms with E-state index in [1.54, 1.807) is 6.08 Å². The van der Waals surface area contributed by atoms with E-state index in [4.69, 9.17) is 20.5 Å². The largest absolute Gasteiger partial charge is 0.356 e. The lowest BCUT2D eigenvalue weighted by atomic mass is 10.0. The molecule has 0 aliphatic heterocycles. The van der Waals surface area contributed by atoms with Crippen molar-refractivity contribution < 1.29 is 9.05 Å². The Hall–Kier alpha value is -4.00. The first-order chi connectivity index (χ1) is 16.6. The van der Waals surface area contributed by atoms with Gasteiger partial charge in [0, 0.05) is 34.4 Å². The van der Waals surface area contributed by atoms with Gasteiger partial charge in [-0.05, 0) is 49.7 Å². The van der Waals surface area contributed by atoms with Crippen LogP contribution < -0.4 is 11.5 Å². The van der Waals surface area contributed by atoms with Crippen molar-refractivity contribution in [3.63, 3.8) is 0 Å². The molecule has 2 aromatic heterocycles. The van der Waals surface area contributed by atoms with Gasteiger partial charge in [0.2, 0.25) is 0 Å². The summed E-state index contributed by atoms with van der Waals surface area (Å²) in [6.07, 6.45) is 5.17. The molecule has 172 valence electrons. The van der Waals surface area contributed by atoms with Crippen molar-refractivity contribution in [1.29, 1.82) is 0 Å². The molecule has 6 nitrogen and oxygen atoms in total. The van der Waals surface area contributed by atoms with Crippen LogP contribution in [0, 0.1) is 0 Å². The molecule has 4 aromatic rings. The Morgan fingerprint density at radius 1 is 0.853 bits per heavy atom. The zero-order valence-electron chi connectivity index (χ0n) is 19.0. The predicted molar refractivity (Wildman–Crippen MR) is 137 cm³/mol. The fourth-order valence-corrected chi connectivity index (χ4v) is 3.69. The SMILES string of the molecule is C=C/C(=C\C(=C)CCN)c1cc(-c2cccc(-c3cc(-c4cccc(CCN)c4)on3)c2)no1. The highest BCUT2D eigenvalue weighted by Crippen LogP contribution is 2.30. The minimum atomic E-state index is 0.539. The molecule has 2 heterocycles. The molecular formula is C28H28N4O2. The van der Waals surface area contributed by atoms with E-state index in [2.05, 4.69) is 35.6 Å². The maximum absolute atomic E-state index is 5.69. The van der Waals surface area contributed by atoms with E-state index in [0.717, 1.165) is 40.0 Å². The van der Waals surface area contributed by atoms with E-state index in [-0.39, 0.29) is 0 Å². The summed E-state index contributed by atoms with van der Waals surface area (Å²) in [4.78, 5) is 0. The van der Waals surface area contributed by atoms with Gasteiger partial charge in [-0.3, -0.25) is 0 Å². The lowest BCUT2D eigenvalue weighted by molar-refractivity contribution is 0.413. The molecule has 4 N–H and O–H groups in total. The molecular weight excluding hydrogens is 424 g/mol. The fourth-order valence-electron chi connectivity index (χ4n) is 3.69. The molecule has 0 bridgehead atoms. The summed E-state index contributed by atoms with van der Waals surface area (Å²) in [6, 6.07) is 19.9. The third kappa shape index (κ3) is 5.31. The summed E-state index contributed by atoms with van der Waals surface area (Å²) in [7, 11) is 0. The number of aromatic nitrogens is 2. The number of rotatable bonds is 10. The van der Waals surface area contributed by atoms with Crippen LogP contribution >= 0.6 is 0 Å². The predicted octanol–water partition coefficient (Wildman–Crippen LogP) is 5.64. The highest BCUT2D eigenvalue weighted by Gasteiger charge is 2.13. The second-order valence-corrected chi connectivity index (χ2v) is 7.97. The van der Waals surface area contributed by atoms with Gasteiger partial charge in [-0.15, -0.1) is 0 Å². The number of hydrogen-bond acceptors (Lipinski definition) is 6. The van der Waals surface area contributed by atoms with Crippen molar-refractivity contribution in [2.75, 3.05) is 13.1 Å². The average molecular weight is 453 g/mol. The van der Waals surface area contributed by atoms with Crippen LogP contribution in [-0.2, 0) is 6.42 Å². The standard InChI is InChI=1S/C28H28N4O2/c1-3-21(14-19(2)10-12-29)27-17-25(31-33-27)22-7-5-8-23(16-22)26-18-28(34-32-26)24-9-4-6-20(15-24)11-13-30/h3-9,14-18H,1-2,10-13,29-30H2/b21-14+. The van der Waals surface area contributed by atoms with Crippen LogP contribution in [0.3, 0.4) is 0 Å². The molecule has 0 atom stereocenters. The number of hydrogen-bond donors (Lipinski definition) is 2. The Labute approximate surface area is 199 Å². The first-order valence-electron chi connectivity index (χ1n) is 11.2. The van der Waals surface area contributed by atoms with E-state index in [1.807, 2.05) is 54.6 Å². The van der Waals surface area contributed by atoms with Crippen LogP contribution in [0.1, 0.15) is 17.7 Å². The molecule has 34 heavy (non-hydrogen) atoms. The molecule has 4 rings (SSSR count). The average Bonchev–Trinajstić information content (AvgIpc) is 3.54. The van der Waals surface area contributed by atoms with Gasteiger partial charge >= 0.3 is 0 Å². The molecule has 6 heteroatoms. The quantitative estimate of drug-likeness (QED) is 0.302. The Kier molecular flexibility index (Phi) is 7.32. The van der Waals surface area contributed by atoms with Crippen molar-refractivity contribution in [3.05, 3.63) is 103 Å². The number of benzene rings is 2. The van der Waals surface area contributed by atoms with Crippen molar-refractivity contribution in [3.8, 4) is 33.8 Å². The monoisotopic (exact) mass is 452 g/mol. The van der Waals surface area contributed by atoms with Gasteiger partial charge in [0.25, 0.3) is 0 Å². The Bertz CT molecular complexity index is 1330. The zero-order chi connectivity index (χ0) is 23.9. The van der Waals surface area contributed by atoms with Gasteiger partial charge in [0.15, 0.2) is 11.5 Å². The molecule has 0 saturated heterocycles. The van der Waals surface area contributed by atoms with E-state index in [9.17, 15) is 0 Å². The summed E-state index contributed by atoms with van der Waals surface area (Å²) in [6.45, 7) is 9.04. The van der Waals surface area contributed by atoms with Gasteiger partial charge in [-0.2, -0.15) is 0 Å². The number of nitrogens with two attached hydrogens (primary N) is 2. The number of allylic oxidation sites excluding steroid dienone is 3. The van der Waals surface area contributed by atoms with Crippen LogP contribution in [0.2, 0.25) is 0 Å². The maximum atomic E-state index is 5.69. The van der Waals surface area contributed by atoms with Gasteiger partial charge in [0.05, 0.1) is 0 Å². The van der Waals surface area contributed by atoms with Gasteiger partial charge in [-0.1, -0.05) is 71.5 Å². The second-order valence-electron chi connectivity index (χ2n) is 7.97. The van der Waals surface area contributed by atoms with E-state index in [1.165, 1.54) is 5.56 Å². The molecule has 2 aromatic carbocycles. The normalized spacial score (nSPS) is 11.5. The smallest absolute Gasteiger partial charge is 0.167 e. The number of nitrogens with zero attached hydrogens (tertiary/aromatic N) is 2. The molecule has 0 unspecified atom stereocenters. The third-order valence-electron chi connectivity index (χ3n) is 5.45. The summed E-state index contributed by atoms with van der Waals surface area (Å²) in [5, 5.41) is 8.54. The summed E-state index contributed by atoms with van der Waals surface area (Å²) in [5.41, 5.74) is 18.5. The molecule has 0 saturated carbocycles. The van der Waals surface area contributed by atoms with Crippen molar-refractivity contribution in [1.82, 2.24) is 10.3 Å². The lowest BCUT2D eigenvalue weighted by Gasteiger charge is -2.01. The van der Waals surface area contributed by atoms with Gasteiger partial charge < -0.3 is 20.5 Å². The Morgan fingerprint density at radius 2 is 1.56 bits per heavy atom. The van der Waals surface area contributed by atoms with Crippen molar-refractivity contribution in [2.24, 2.45) is 11.5 Å². The first kappa shape index (κ1) is 23.2. The summed E-state index contributed by atoms with van der Waals surface area (Å²) in [5.74, 6) is 1.33. The molecule has 0 spiro atoms. The molecule has 0 amide bonds. The summed E-state index contributed by atoms with van der Waals surface area (Å²) >= 11 is 0. The van der Waals surface area contributed by atoms with Crippen LogP contribution in [-0.4, -0.2) is 23.4 Å². The molecule has 0 aliphatic carbocycles. The minimum Gasteiger partial charge on any atom is -0.356 e. The van der Waals surface area contributed by atoms with Gasteiger partial charge in [-0.25, -0.2) is 0 Å². The zero-order valence-corrected chi connectivity index (χ0v) is 19.0. The minimum absolute atomic E-state index is 0.539. The van der Waals surface area contributed by atoms with Crippen molar-refractivity contribution >= 4 is 5.57 Å². The highest BCUT2D eigenvalue weighted by molar-refractivity contribution is 5.76. The van der Waals surface area contributed by atoms with Crippen molar-refractivity contribution in [2.45, 2.75) is 12.8 Å². The maximum Gasteiger partial charge on any atom is 0.167 e.